The predicted molar refractivity (Wildman–Crippen MR) is 57.7 cm³/mol. The summed E-state index contributed by atoms with van der Waals surface area (Å²) in [7, 11) is 0. The molecule has 0 spiro atoms. The van der Waals surface area contributed by atoms with Crippen LogP contribution in [0.1, 0.15) is 53.4 Å². The van der Waals surface area contributed by atoms with E-state index in [2.05, 4.69) is 32.9 Å². The largest absolute Gasteiger partial charge is 0.300 e. The van der Waals surface area contributed by atoms with Gasteiger partial charge in [-0.3, -0.25) is 4.79 Å². The highest BCUT2D eigenvalue weighted by atomic mass is 16.1. The van der Waals surface area contributed by atoms with E-state index in [1.54, 1.807) is 6.92 Å². The number of unbranched alkanes of at least 4 members (excludes halogenated alkanes) is 2. The number of ketones is 1. The third-order valence-corrected chi connectivity index (χ3v) is 2.00. The molecule has 0 saturated heterocycles. The van der Waals surface area contributed by atoms with Crippen LogP contribution in [0.4, 0.5) is 0 Å². The average molecular weight is 182 g/mol. The number of hydrogen-bond acceptors (Lipinski definition) is 1. The molecule has 1 nitrogen and oxygen atoms in total. The van der Waals surface area contributed by atoms with Crippen molar-refractivity contribution in [2.75, 3.05) is 0 Å². The lowest BCUT2D eigenvalue weighted by molar-refractivity contribution is -0.118. The van der Waals surface area contributed by atoms with Crippen molar-refractivity contribution in [3.05, 3.63) is 12.2 Å². The molecular formula is C12H22O. The SMILES string of the molecule is CCCC/C=C/C(C)(C)CC(C)=O. The molecule has 0 aliphatic rings. The van der Waals surface area contributed by atoms with Gasteiger partial charge in [-0.25, -0.2) is 0 Å². The molecule has 0 fully saturated rings. The van der Waals surface area contributed by atoms with Gasteiger partial charge in [0.05, 0.1) is 0 Å². The zero-order chi connectivity index (χ0) is 10.3. The summed E-state index contributed by atoms with van der Waals surface area (Å²) in [6.45, 7) is 8.06. The summed E-state index contributed by atoms with van der Waals surface area (Å²) in [5.74, 6) is 0.269. The molecule has 0 heterocycles. The lowest BCUT2D eigenvalue weighted by Crippen LogP contribution is -2.11. The molecule has 1 heteroatoms. The zero-order valence-electron chi connectivity index (χ0n) is 9.39. The Morgan fingerprint density at radius 3 is 2.46 bits per heavy atom. The molecule has 0 aromatic carbocycles. The Bertz CT molecular complexity index is 178. The standard InChI is InChI=1S/C12H22O/c1-5-6-7-8-9-12(3,4)10-11(2)13/h8-9H,5-7,10H2,1-4H3/b9-8+. The molecule has 0 rings (SSSR count). The molecule has 0 aromatic heterocycles. The maximum absolute atomic E-state index is 10.9. The highest BCUT2D eigenvalue weighted by Crippen LogP contribution is 2.22. The van der Waals surface area contributed by atoms with E-state index in [9.17, 15) is 4.79 Å². The molecule has 76 valence electrons. The molecule has 13 heavy (non-hydrogen) atoms. The minimum absolute atomic E-state index is 0.0412. The van der Waals surface area contributed by atoms with Gasteiger partial charge in [0.25, 0.3) is 0 Å². The second kappa shape index (κ2) is 5.95. The Morgan fingerprint density at radius 1 is 1.38 bits per heavy atom. The third-order valence-electron chi connectivity index (χ3n) is 2.00. The first-order valence-corrected chi connectivity index (χ1v) is 5.15. The van der Waals surface area contributed by atoms with Crippen molar-refractivity contribution >= 4 is 5.78 Å². The molecule has 0 atom stereocenters. The van der Waals surface area contributed by atoms with Crippen LogP contribution in [-0.2, 0) is 4.79 Å². The van der Waals surface area contributed by atoms with Gasteiger partial charge in [0, 0.05) is 6.42 Å². The maximum atomic E-state index is 10.9. The number of carbonyl (C=O) groups is 1. The number of rotatable bonds is 6. The zero-order valence-corrected chi connectivity index (χ0v) is 9.39. The first kappa shape index (κ1) is 12.4. The summed E-state index contributed by atoms with van der Waals surface area (Å²) in [4.78, 5) is 10.9. The molecule has 0 aromatic rings. The van der Waals surface area contributed by atoms with Crippen molar-refractivity contribution in [2.24, 2.45) is 5.41 Å². The Hall–Kier alpha value is -0.590. The number of hydrogen-bond donors (Lipinski definition) is 0. The highest BCUT2D eigenvalue weighted by molar-refractivity contribution is 5.76. The van der Waals surface area contributed by atoms with Crippen molar-refractivity contribution in [1.82, 2.24) is 0 Å². The van der Waals surface area contributed by atoms with Crippen LogP contribution in [0.3, 0.4) is 0 Å². The van der Waals surface area contributed by atoms with Gasteiger partial charge in [-0.2, -0.15) is 0 Å². The molecule has 0 aliphatic carbocycles. The summed E-state index contributed by atoms with van der Waals surface area (Å²) < 4.78 is 0. The minimum Gasteiger partial charge on any atom is -0.300 e. The van der Waals surface area contributed by atoms with Gasteiger partial charge in [0.1, 0.15) is 5.78 Å². The number of allylic oxidation sites excluding steroid dienone is 2. The van der Waals surface area contributed by atoms with E-state index >= 15 is 0 Å². The lowest BCUT2D eigenvalue weighted by atomic mass is 9.87. The second-order valence-corrected chi connectivity index (χ2v) is 4.41. The fourth-order valence-corrected chi connectivity index (χ4v) is 1.42. The van der Waals surface area contributed by atoms with Gasteiger partial charge in [-0.1, -0.05) is 45.8 Å². The van der Waals surface area contributed by atoms with E-state index in [0.717, 1.165) is 6.42 Å². The van der Waals surface area contributed by atoms with Crippen molar-refractivity contribution < 1.29 is 4.79 Å². The normalized spacial score (nSPS) is 12.3. The molecule has 0 N–H and O–H groups in total. The van der Waals surface area contributed by atoms with Crippen LogP contribution < -0.4 is 0 Å². The van der Waals surface area contributed by atoms with E-state index < -0.39 is 0 Å². The number of carbonyl (C=O) groups excluding carboxylic acids is 1. The van der Waals surface area contributed by atoms with Crippen molar-refractivity contribution in [1.29, 1.82) is 0 Å². The van der Waals surface area contributed by atoms with Crippen LogP contribution >= 0.6 is 0 Å². The van der Waals surface area contributed by atoms with E-state index in [-0.39, 0.29) is 11.2 Å². The molecule has 0 bridgehead atoms. The molecular weight excluding hydrogens is 160 g/mol. The maximum Gasteiger partial charge on any atom is 0.130 e. The molecule has 0 radical (unpaired) electrons. The van der Waals surface area contributed by atoms with Crippen LogP contribution in [0.2, 0.25) is 0 Å². The summed E-state index contributed by atoms with van der Waals surface area (Å²) in [6, 6.07) is 0. The van der Waals surface area contributed by atoms with Gasteiger partial charge < -0.3 is 0 Å². The van der Waals surface area contributed by atoms with Gasteiger partial charge in [-0.05, 0) is 18.8 Å². The van der Waals surface area contributed by atoms with Crippen molar-refractivity contribution in [3.8, 4) is 0 Å². The summed E-state index contributed by atoms with van der Waals surface area (Å²) in [5.41, 5.74) is 0.0412. The van der Waals surface area contributed by atoms with E-state index in [0.29, 0.717) is 6.42 Å². The molecule has 0 aliphatic heterocycles. The van der Waals surface area contributed by atoms with Gasteiger partial charge >= 0.3 is 0 Å². The first-order chi connectivity index (χ1) is 5.98. The Labute approximate surface area is 82.2 Å². The predicted octanol–water partition coefficient (Wildman–Crippen LogP) is 3.74. The van der Waals surface area contributed by atoms with Crippen molar-refractivity contribution in [3.63, 3.8) is 0 Å². The van der Waals surface area contributed by atoms with Gasteiger partial charge in [0.15, 0.2) is 0 Å². The number of Topliss-reactive ketones (excluding diaryl/α,β-unsaturated/α-hetero) is 1. The van der Waals surface area contributed by atoms with Crippen LogP contribution in [0.25, 0.3) is 0 Å². The first-order valence-electron chi connectivity index (χ1n) is 5.15. The van der Waals surface area contributed by atoms with Crippen LogP contribution in [-0.4, -0.2) is 5.78 Å². The Morgan fingerprint density at radius 2 is 2.00 bits per heavy atom. The summed E-state index contributed by atoms with van der Waals surface area (Å²) in [6.07, 6.45) is 8.63. The van der Waals surface area contributed by atoms with E-state index in [4.69, 9.17) is 0 Å². The summed E-state index contributed by atoms with van der Waals surface area (Å²) in [5, 5.41) is 0. The Kier molecular flexibility index (Phi) is 5.68. The topological polar surface area (TPSA) is 17.1 Å². The smallest absolute Gasteiger partial charge is 0.130 e. The third kappa shape index (κ3) is 7.76. The quantitative estimate of drug-likeness (QED) is 0.452. The van der Waals surface area contributed by atoms with E-state index in [1.165, 1.54) is 12.8 Å². The van der Waals surface area contributed by atoms with Crippen LogP contribution in [0.5, 0.6) is 0 Å². The van der Waals surface area contributed by atoms with E-state index in [1.807, 2.05) is 0 Å². The lowest BCUT2D eigenvalue weighted by Gasteiger charge is -2.17. The Balaban J connectivity index is 3.85. The molecule has 0 saturated carbocycles. The fourth-order valence-electron chi connectivity index (χ4n) is 1.42. The fraction of sp³-hybridized carbons (Fsp3) is 0.750. The second-order valence-electron chi connectivity index (χ2n) is 4.41. The van der Waals surface area contributed by atoms with Crippen LogP contribution in [0.15, 0.2) is 12.2 Å². The van der Waals surface area contributed by atoms with Gasteiger partial charge in [0.2, 0.25) is 0 Å². The van der Waals surface area contributed by atoms with Crippen molar-refractivity contribution in [2.45, 2.75) is 53.4 Å². The molecule has 0 unspecified atom stereocenters. The molecule has 0 amide bonds. The highest BCUT2D eigenvalue weighted by Gasteiger charge is 2.15. The minimum atomic E-state index is 0.0412. The summed E-state index contributed by atoms with van der Waals surface area (Å²) >= 11 is 0. The average Bonchev–Trinajstić information content (AvgIpc) is 1.95. The van der Waals surface area contributed by atoms with Gasteiger partial charge in [-0.15, -0.1) is 0 Å². The van der Waals surface area contributed by atoms with Crippen LogP contribution in [0, 0.1) is 5.41 Å². The monoisotopic (exact) mass is 182 g/mol.